The highest BCUT2D eigenvalue weighted by Crippen LogP contribution is 2.34. The lowest BCUT2D eigenvalue weighted by Crippen LogP contribution is -2.35. The van der Waals surface area contributed by atoms with Gasteiger partial charge in [0.25, 0.3) is 0 Å². The van der Waals surface area contributed by atoms with Gasteiger partial charge < -0.3 is 9.72 Å². The lowest BCUT2D eigenvalue weighted by atomic mass is 9.97. The molecule has 2 aromatic rings. The van der Waals surface area contributed by atoms with Crippen molar-refractivity contribution in [2.75, 3.05) is 13.7 Å². The number of ether oxygens (including phenoxy) is 1. The number of methoxy groups -OCH3 is 1. The van der Waals surface area contributed by atoms with Crippen LogP contribution in [0.25, 0.3) is 0 Å². The summed E-state index contributed by atoms with van der Waals surface area (Å²) in [5.74, 6) is -1.29. The molecule has 0 radical (unpaired) electrons. The van der Waals surface area contributed by atoms with Crippen molar-refractivity contribution in [3.63, 3.8) is 0 Å². The second kappa shape index (κ2) is 6.66. The summed E-state index contributed by atoms with van der Waals surface area (Å²) in [4.78, 5) is 9.77. The average Bonchev–Trinajstić information content (AvgIpc) is 3.03. The highest BCUT2D eigenvalue weighted by atomic mass is 19.2. The Kier molecular flexibility index (Phi) is 4.61. The SMILES string of the molecule is CCC[C@H]1c2nc[nH]c2CCN1Cc1c(OC)ccc(F)c1F. The first-order chi connectivity index (χ1) is 11.2. The van der Waals surface area contributed by atoms with E-state index in [4.69, 9.17) is 4.74 Å². The first kappa shape index (κ1) is 15.9. The van der Waals surface area contributed by atoms with Gasteiger partial charge >= 0.3 is 0 Å². The molecule has 0 spiro atoms. The van der Waals surface area contributed by atoms with Gasteiger partial charge in [0, 0.05) is 30.8 Å². The van der Waals surface area contributed by atoms with E-state index < -0.39 is 11.6 Å². The van der Waals surface area contributed by atoms with Crippen molar-refractivity contribution in [3.8, 4) is 5.75 Å². The number of H-pyrrole nitrogens is 1. The van der Waals surface area contributed by atoms with Crippen LogP contribution in [0.3, 0.4) is 0 Å². The molecule has 3 rings (SSSR count). The quantitative estimate of drug-likeness (QED) is 0.915. The van der Waals surface area contributed by atoms with Crippen LogP contribution in [0.1, 0.15) is 42.8 Å². The Morgan fingerprint density at radius 3 is 2.96 bits per heavy atom. The number of nitrogens with zero attached hydrogens (tertiary/aromatic N) is 2. The fourth-order valence-electron chi connectivity index (χ4n) is 3.30. The third kappa shape index (κ3) is 2.95. The number of aromatic amines is 1. The molecule has 6 heteroatoms. The molecule has 1 N–H and O–H groups in total. The minimum absolute atomic E-state index is 0.113. The van der Waals surface area contributed by atoms with Gasteiger partial charge in [-0.05, 0) is 18.6 Å². The summed E-state index contributed by atoms with van der Waals surface area (Å²) >= 11 is 0. The molecule has 0 aliphatic carbocycles. The van der Waals surface area contributed by atoms with E-state index in [1.165, 1.54) is 13.2 Å². The molecule has 1 aliphatic heterocycles. The number of fused-ring (bicyclic) bond motifs is 1. The normalized spacial score (nSPS) is 18.0. The van der Waals surface area contributed by atoms with Gasteiger partial charge in [-0.3, -0.25) is 4.90 Å². The van der Waals surface area contributed by atoms with Gasteiger partial charge in [0.1, 0.15) is 5.75 Å². The van der Waals surface area contributed by atoms with Gasteiger partial charge in [-0.25, -0.2) is 13.8 Å². The number of imidazole rings is 1. The lowest BCUT2D eigenvalue weighted by Gasteiger charge is -2.35. The van der Waals surface area contributed by atoms with Crippen molar-refractivity contribution in [2.24, 2.45) is 0 Å². The van der Waals surface area contributed by atoms with Crippen LogP contribution in [-0.4, -0.2) is 28.5 Å². The van der Waals surface area contributed by atoms with Crippen LogP contribution >= 0.6 is 0 Å². The van der Waals surface area contributed by atoms with E-state index in [9.17, 15) is 8.78 Å². The van der Waals surface area contributed by atoms with E-state index in [1.807, 2.05) is 0 Å². The molecule has 2 heterocycles. The Balaban J connectivity index is 1.92. The molecule has 0 bridgehead atoms. The van der Waals surface area contributed by atoms with E-state index in [2.05, 4.69) is 21.8 Å². The summed E-state index contributed by atoms with van der Waals surface area (Å²) in [5.41, 5.74) is 2.44. The topological polar surface area (TPSA) is 41.2 Å². The number of aromatic nitrogens is 2. The summed E-state index contributed by atoms with van der Waals surface area (Å²) in [6, 6.07) is 2.69. The highest BCUT2D eigenvalue weighted by molar-refractivity contribution is 5.36. The largest absolute Gasteiger partial charge is 0.496 e. The maximum atomic E-state index is 14.2. The van der Waals surface area contributed by atoms with Gasteiger partial charge in [-0.15, -0.1) is 0 Å². The number of hydrogen-bond donors (Lipinski definition) is 1. The predicted octanol–water partition coefficient (Wildman–Crippen LogP) is 3.60. The molecule has 124 valence electrons. The third-order valence-electron chi connectivity index (χ3n) is 4.45. The Morgan fingerprint density at radius 2 is 2.22 bits per heavy atom. The molecule has 0 saturated heterocycles. The Bertz CT molecular complexity index is 686. The Hall–Kier alpha value is -1.95. The lowest BCUT2D eigenvalue weighted by molar-refractivity contribution is 0.157. The Morgan fingerprint density at radius 1 is 1.39 bits per heavy atom. The van der Waals surface area contributed by atoms with Crippen LogP contribution in [-0.2, 0) is 13.0 Å². The first-order valence-electron chi connectivity index (χ1n) is 7.92. The molecule has 1 aliphatic rings. The van der Waals surface area contributed by atoms with Crippen molar-refractivity contribution < 1.29 is 13.5 Å². The highest BCUT2D eigenvalue weighted by Gasteiger charge is 2.30. The van der Waals surface area contributed by atoms with Crippen molar-refractivity contribution in [3.05, 3.63) is 47.0 Å². The fraction of sp³-hybridized carbons (Fsp3) is 0.471. The van der Waals surface area contributed by atoms with Crippen molar-refractivity contribution in [1.29, 1.82) is 0 Å². The number of rotatable bonds is 5. The molecule has 1 aromatic heterocycles. The Labute approximate surface area is 134 Å². The zero-order valence-corrected chi connectivity index (χ0v) is 13.4. The van der Waals surface area contributed by atoms with Gasteiger partial charge in [0.05, 0.1) is 25.2 Å². The second-order valence-corrected chi connectivity index (χ2v) is 5.83. The van der Waals surface area contributed by atoms with Gasteiger partial charge in [0.15, 0.2) is 11.6 Å². The maximum Gasteiger partial charge on any atom is 0.167 e. The molecule has 1 aromatic carbocycles. The van der Waals surface area contributed by atoms with Crippen LogP contribution in [0.5, 0.6) is 5.75 Å². The predicted molar refractivity (Wildman–Crippen MR) is 83.3 cm³/mol. The molecule has 0 amide bonds. The smallest absolute Gasteiger partial charge is 0.167 e. The summed E-state index contributed by atoms with van der Waals surface area (Å²) in [6.07, 6.45) is 4.46. The minimum Gasteiger partial charge on any atom is -0.496 e. The monoisotopic (exact) mass is 321 g/mol. The van der Waals surface area contributed by atoms with E-state index >= 15 is 0 Å². The fourth-order valence-corrected chi connectivity index (χ4v) is 3.30. The van der Waals surface area contributed by atoms with Gasteiger partial charge in [0.2, 0.25) is 0 Å². The standard InChI is InChI=1S/C17H21F2N3O/c1-3-4-14-17-13(20-10-21-17)7-8-22(14)9-11-15(23-2)6-5-12(18)16(11)19/h5-6,10,14H,3-4,7-9H2,1-2H3,(H,20,21)/t14-/m0/s1. The molecular formula is C17H21F2N3O. The number of halogens is 2. The van der Waals surface area contributed by atoms with Gasteiger partial charge in [-0.2, -0.15) is 0 Å². The van der Waals surface area contributed by atoms with E-state index in [0.717, 1.165) is 43.3 Å². The zero-order valence-electron chi connectivity index (χ0n) is 13.4. The van der Waals surface area contributed by atoms with Crippen LogP contribution in [0.2, 0.25) is 0 Å². The zero-order chi connectivity index (χ0) is 16.4. The van der Waals surface area contributed by atoms with Crippen molar-refractivity contribution in [1.82, 2.24) is 14.9 Å². The van der Waals surface area contributed by atoms with Crippen LogP contribution < -0.4 is 4.74 Å². The third-order valence-corrected chi connectivity index (χ3v) is 4.45. The number of hydrogen-bond acceptors (Lipinski definition) is 3. The van der Waals surface area contributed by atoms with Crippen molar-refractivity contribution in [2.45, 2.75) is 38.8 Å². The minimum atomic E-state index is -0.842. The number of nitrogens with one attached hydrogen (secondary N) is 1. The maximum absolute atomic E-state index is 14.2. The average molecular weight is 321 g/mol. The van der Waals surface area contributed by atoms with Gasteiger partial charge in [-0.1, -0.05) is 13.3 Å². The molecule has 0 fully saturated rings. The molecular weight excluding hydrogens is 300 g/mol. The second-order valence-electron chi connectivity index (χ2n) is 5.83. The summed E-state index contributed by atoms with van der Waals surface area (Å²) in [6.45, 7) is 3.20. The van der Waals surface area contributed by atoms with Crippen LogP contribution in [0.15, 0.2) is 18.5 Å². The van der Waals surface area contributed by atoms with E-state index in [0.29, 0.717) is 12.3 Å². The first-order valence-corrected chi connectivity index (χ1v) is 7.92. The van der Waals surface area contributed by atoms with E-state index in [1.54, 1.807) is 6.33 Å². The summed E-state index contributed by atoms with van der Waals surface area (Å²) in [5, 5.41) is 0. The summed E-state index contributed by atoms with van der Waals surface area (Å²) < 4.78 is 33.1. The molecule has 0 saturated carbocycles. The van der Waals surface area contributed by atoms with Crippen molar-refractivity contribution >= 4 is 0 Å². The molecule has 4 nitrogen and oxygen atoms in total. The summed E-state index contributed by atoms with van der Waals surface area (Å²) in [7, 11) is 1.47. The molecule has 23 heavy (non-hydrogen) atoms. The van der Waals surface area contributed by atoms with E-state index in [-0.39, 0.29) is 11.6 Å². The van der Waals surface area contributed by atoms with Crippen LogP contribution in [0, 0.1) is 11.6 Å². The molecule has 0 unspecified atom stereocenters. The van der Waals surface area contributed by atoms with Crippen LogP contribution in [0.4, 0.5) is 8.78 Å². The number of benzene rings is 1. The molecule has 1 atom stereocenters.